The molecule has 0 heterocycles. The fourth-order valence-electron chi connectivity index (χ4n) is 1.17. The molecule has 0 aromatic carbocycles. The summed E-state index contributed by atoms with van der Waals surface area (Å²) < 4.78 is 41.2. The van der Waals surface area contributed by atoms with Crippen LogP contribution < -0.4 is 0 Å². The van der Waals surface area contributed by atoms with Gasteiger partial charge in [-0.1, -0.05) is 26.2 Å². The van der Waals surface area contributed by atoms with Crippen molar-refractivity contribution in [2.75, 3.05) is 12.9 Å². The second kappa shape index (κ2) is 8.20. The van der Waals surface area contributed by atoms with Gasteiger partial charge in [0.25, 0.3) is 0 Å². The van der Waals surface area contributed by atoms with Crippen LogP contribution in [0.1, 0.15) is 32.6 Å². The number of rotatable bonds is 8. The highest BCUT2D eigenvalue weighted by molar-refractivity contribution is 7.99. The van der Waals surface area contributed by atoms with E-state index in [9.17, 15) is 13.2 Å². The zero-order valence-corrected chi connectivity index (χ0v) is 10.4. The number of thioether (sulfide) groups is 1. The van der Waals surface area contributed by atoms with E-state index in [-0.39, 0.29) is 0 Å². The van der Waals surface area contributed by atoms with Crippen LogP contribution in [0, 0.1) is 0 Å². The minimum atomic E-state index is -4.61. The molecule has 2 nitrogen and oxygen atoms in total. The topological polar surface area (TPSA) is 29.5 Å². The number of aliphatic hydroxyl groups is 1. The second-order valence-corrected chi connectivity index (χ2v) is 4.73. The first-order chi connectivity index (χ1) is 7.43. The molecule has 0 bridgehead atoms. The van der Waals surface area contributed by atoms with E-state index in [2.05, 4.69) is 11.7 Å². The number of ether oxygens (including phenoxy) is 1. The molecule has 0 saturated carbocycles. The maximum absolute atomic E-state index is 12.2. The standard InChI is InChI=1S/C10H19F3O2S/c1-3-4-5-6-7-16-9(15-2)8(14)10(11,12)13/h8-9,14H,3-7H2,1-2H3. The Bertz CT molecular complexity index is 176. The largest absolute Gasteiger partial charge is 0.417 e. The van der Waals surface area contributed by atoms with Crippen molar-refractivity contribution >= 4 is 11.8 Å². The number of unbranched alkanes of at least 4 members (excludes halogenated alkanes) is 3. The number of halogens is 3. The van der Waals surface area contributed by atoms with Gasteiger partial charge in [0, 0.05) is 7.11 Å². The van der Waals surface area contributed by atoms with Gasteiger partial charge >= 0.3 is 6.18 Å². The van der Waals surface area contributed by atoms with Crippen LogP contribution in [0.15, 0.2) is 0 Å². The quantitative estimate of drug-likeness (QED) is 0.537. The molecule has 0 radical (unpaired) electrons. The predicted octanol–water partition coefficient (Wildman–Crippen LogP) is 3.20. The maximum atomic E-state index is 12.2. The van der Waals surface area contributed by atoms with E-state index < -0.39 is 17.7 Å². The Kier molecular flexibility index (Phi) is 8.23. The second-order valence-electron chi connectivity index (χ2n) is 3.52. The highest BCUT2D eigenvalue weighted by Crippen LogP contribution is 2.29. The first kappa shape index (κ1) is 16.1. The molecule has 0 spiro atoms. The number of alkyl halides is 3. The van der Waals surface area contributed by atoms with Crippen LogP contribution in [0.4, 0.5) is 13.2 Å². The van der Waals surface area contributed by atoms with Crippen molar-refractivity contribution in [3.8, 4) is 0 Å². The van der Waals surface area contributed by atoms with Gasteiger partial charge < -0.3 is 9.84 Å². The summed E-state index contributed by atoms with van der Waals surface area (Å²) in [5, 5.41) is 8.98. The zero-order valence-electron chi connectivity index (χ0n) is 9.59. The summed E-state index contributed by atoms with van der Waals surface area (Å²) in [6.45, 7) is 2.07. The number of aliphatic hydroxyl groups excluding tert-OH is 1. The lowest BCUT2D eigenvalue weighted by Crippen LogP contribution is -2.39. The van der Waals surface area contributed by atoms with Gasteiger partial charge in [-0.3, -0.25) is 0 Å². The van der Waals surface area contributed by atoms with Crippen molar-refractivity contribution < 1.29 is 23.0 Å². The van der Waals surface area contributed by atoms with E-state index in [0.29, 0.717) is 5.75 Å². The average Bonchev–Trinajstić information content (AvgIpc) is 2.21. The first-order valence-corrected chi connectivity index (χ1v) is 6.37. The minimum Gasteiger partial charge on any atom is -0.381 e. The van der Waals surface area contributed by atoms with E-state index in [0.717, 1.165) is 37.4 Å². The third-order valence-electron chi connectivity index (χ3n) is 2.11. The van der Waals surface area contributed by atoms with Gasteiger partial charge in [-0.25, -0.2) is 0 Å². The van der Waals surface area contributed by atoms with Gasteiger partial charge in [-0.15, -0.1) is 11.8 Å². The summed E-state index contributed by atoms with van der Waals surface area (Å²) in [6, 6.07) is 0. The molecule has 0 aliphatic rings. The summed E-state index contributed by atoms with van der Waals surface area (Å²) in [7, 11) is 1.18. The van der Waals surface area contributed by atoms with Crippen molar-refractivity contribution in [1.82, 2.24) is 0 Å². The molecular weight excluding hydrogens is 241 g/mol. The summed E-state index contributed by atoms with van der Waals surface area (Å²) in [4.78, 5) is 0. The van der Waals surface area contributed by atoms with E-state index in [4.69, 9.17) is 5.11 Å². The van der Waals surface area contributed by atoms with Crippen LogP contribution in [-0.2, 0) is 4.74 Å². The summed E-state index contributed by atoms with van der Waals surface area (Å²) >= 11 is 1.01. The van der Waals surface area contributed by atoms with Crippen molar-refractivity contribution in [1.29, 1.82) is 0 Å². The number of hydrogen-bond donors (Lipinski definition) is 1. The molecule has 0 saturated heterocycles. The molecule has 0 aromatic rings. The number of methoxy groups -OCH3 is 1. The van der Waals surface area contributed by atoms with Gasteiger partial charge in [-0.2, -0.15) is 13.2 Å². The molecular formula is C10H19F3O2S. The lowest BCUT2D eigenvalue weighted by atomic mass is 10.2. The molecule has 0 aromatic heterocycles. The van der Waals surface area contributed by atoms with Gasteiger partial charge in [0.15, 0.2) is 6.10 Å². The molecule has 0 fully saturated rings. The lowest BCUT2D eigenvalue weighted by Gasteiger charge is -2.23. The molecule has 0 aliphatic heterocycles. The SMILES string of the molecule is CCCCCCSC(OC)C(O)C(F)(F)F. The van der Waals surface area contributed by atoms with E-state index in [1.165, 1.54) is 7.11 Å². The van der Waals surface area contributed by atoms with E-state index in [1.54, 1.807) is 0 Å². The fourth-order valence-corrected chi connectivity index (χ4v) is 2.25. The van der Waals surface area contributed by atoms with Crippen molar-refractivity contribution in [2.45, 2.75) is 50.3 Å². The van der Waals surface area contributed by atoms with Crippen LogP contribution in [0.5, 0.6) is 0 Å². The molecule has 2 atom stereocenters. The van der Waals surface area contributed by atoms with Crippen LogP contribution in [0.2, 0.25) is 0 Å². The van der Waals surface area contributed by atoms with Crippen molar-refractivity contribution in [2.24, 2.45) is 0 Å². The maximum Gasteiger partial charge on any atom is 0.417 e. The van der Waals surface area contributed by atoms with Gasteiger partial charge in [0.1, 0.15) is 5.44 Å². The Morgan fingerprint density at radius 3 is 2.31 bits per heavy atom. The third kappa shape index (κ3) is 6.60. The molecule has 16 heavy (non-hydrogen) atoms. The van der Waals surface area contributed by atoms with E-state index in [1.807, 2.05) is 0 Å². The average molecular weight is 260 g/mol. The van der Waals surface area contributed by atoms with Crippen LogP contribution >= 0.6 is 11.8 Å². The fraction of sp³-hybridized carbons (Fsp3) is 1.00. The third-order valence-corrected chi connectivity index (χ3v) is 3.41. The Morgan fingerprint density at radius 2 is 1.88 bits per heavy atom. The predicted molar refractivity (Wildman–Crippen MR) is 59.5 cm³/mol. The Balaban J connectivity index is 3.83. The Hall–Kier alpha value is 0.0600. The highest BCUT2D eigenvalue weighted by atomic mass is 32.2. The molecule has 0 amide bonds. The summed E-state index contributed by atoms with van der Waals surface area (Å²) in [5.41, 5.74) is -1.22. The van der Waals surface area contributed by atoms with Crippen LogP contribution in [0.3, 0.4) is 0 Å². The molecule has 1 N–H and O–H groups in total. The molecule has 98 valence electrons. The van der Waals surface area contributed by atoms with Crippen LogP contribution in [0.25, 0.3) is 0 Å². The molecule has 0 rings (SSSR count). The van der Waals surface area contributed by atoms with Gasteiger partial charge in [0.05, 0.1) is 0 Å². The number of hydrogen-bond acceptors (Lipinski definition) is 3. The smallest absolute Gasteiger partial charge is 0.381 e. The monoisotopic (exact) mass is 260 g/mol. The molecule has 6 heteroatoms. The van der Waals surface area contributed by atoms with Crippen molar-refractivity contribution in [3.63, 3.8) is 0 Å². The minimum absolute atomic E-state index is 0.575. The van der Waals surface area contributed by atoms with E-state index >= 15 is 0 Å². The van der Waals surface area contributed by atoms with Crippen molar-refractivity contribution in [3.05, 3.63) is 0 Å². The van der Waals surface area contributed by atoms with Crippen LogP contribution in [-0.4, -0.2) is 35.7 Å². The Morgan fingerprint density at radius 1 is 1.25 bits per heavy atom. The lowest BCUT2D eigenvalue weighted by molar-refractivity contribution is -0.220. The Labute approximate surface area is 98.6 Å². The normalized spacial score (nSPS) is 16.1. The summed E-state index contributed by atoms with van der Waals surface area (Å²) in [5.74, 6) is 0.575. The highest BCUT2D eigenvalue weighted by Gasteiger charge is 2.44. The molecule has 2 unspecified atom stereocenters. The zero-order chi connectivity index (χ0) is 12.6. The summed E-state index contributed by atoms with van der Waals surface area (Å²) in [6.07, 6.45) is -3.00. The van der Waals surface area contributed by atoms with Gasteiger partial charge in [0.2, 0.25) is 0 Å². The first-order valence-electron chi connectivity index (χ1n) is 5.32. The van der Waals surface area contributed by atoms with Gasteiger partial charge in [-0.05, 0) is 12.2 Å². The molecule has 0 aliphatic carbocycles.